The molecule has 0 spiro atoms. The predicted molar refractivity (Wildman–Crippen MR) is 115 cm³/mol. The van der Waals surface area contributed by atoms with Crippen LogP contribution in [0.5, 0.6) is 5.75 Å². The second kappa shape index (κ2) is 9.29. The van der Waals surface area contributed by atoms with Crippen LogP contribution in [-0.2, 0) is 4.74 Å². The molecule has 4 rings (SSSR count). The monoisotopic (exact) mass is 395 g/mol. The van der Waals surface area contributed by atoms with Gasteiger partial charge in [0.05, 0.1) is 13.2 Å². The van der Waals surface area contributed by atoms with Crippen LogP contribution in [0.25, 0.3) is 0 Å². The normalized spacial score (nSPS) is 28.6. The van der Waals surface area contributed by atoms with Crippen molar-refractivity contribution in [3.63, 3.8) is 0 Å². The Bertz CT molecular complexity index is 773. The topological polar surface area (TPSA) is 41.9 Å². The fourth-order valence-corrected chi connectivity index (χ4v) is 4.77. The van der Waals surface area contributed by atoms with Crippen molar-refractivity contribution in [1.82, 2.24) is 4.90 Å². The molecule has 0 unspecified atom stereocenters. The number of aryl methyl sites for hydroxylation is 1. The maximum atomic E-state index is 11.2. The standard InChI is InChI=1S/C25H33NO3/c1-20-6-5-9-24(16-20)29-19-25(27)17-26(14-15-28-18-25)23-12-10-22(11-13-23)21-7-3-2-4-8-21/h2-9,16,22-23,27H,10-15,17-19H2,1H3/t22?,23?,25-/m0/s1. The molecule has 0 radical (unpaired) electrons. The third kappa shape index (κ3) is 5.39. The van der Waals surface area contributed by atoms with Crippen molar-refractivity contribution >= 4 is 0 Å². The number of benzene rings is 2. The minimum absolute atomic E-state index is 0.256. The maximum absolute atomic E-state index is 11.2. The Hall–Kier alpha value is -1.88. The summed E-state index contributed by atoms with van der Waals surface area (Å²) in [6.45, 7) is 4.79. The van der Waals surface area contributed by atoms with E-state index in [1.807, 2.05) is 31.2 Å². The molecule has 4 heteroatoms. The van der Waals surface area contributed by atoms with Crippen LogP contribution in [0, 0.1) is 6.92 Å². The summed E-state index contributed by atoms with van der Waals surface area (Å²) in [5.74, 6) is 1.47. The first-order chi connectivity index (χ1) is 14.1. The number of β-amino-alcohol motifs (C(OH)–C–C–N with tert-alkyl or cyclic N) is 1. The van der Waals surface area contributed by atoms with Gasteiger partial charge in [0.15, 0.2) is 0 Å². The van der Waals surface area contributed by atoms with Gasteiger partial charge in [0, 0.05) is 19.1 Å². The second-order valence-electron chi connectivity index (χ2n) is 8.77. The van der Waals surface area contributed by atoms with Gasteiger partial charge in [0.25, 0.3) is 0 Å². The highest BCUT2D eigenvalue weighted by atomic mass is 16.5. The lowest BCUT2D eigenvalue weighted by atomic mass is 9.81. The smallest absolute Gasteiger partial charge is 0.134 e. The van der Waals surface area contributed by atoms with E-state index in [4.69, 9.17) is 9.47 Å². The third-order valence-corrected chi connectivity index (χ3v) is 6.37. The average molecular weight is 396 g/mol. The van der Waals surface area contributed by atoms with Crippen LogP contribution < -0.4 is 4.74 Å². The number of aliphatic hydroxyl groups is 1. The molecule has 2 fully saturated rings. The van der Waals surface area contributed by atoms with E-state index in [1.165, 1.54) is 31.2 Å². The van der Waals surface area contributed by atoms with E-state index in [2.05, 4.69) is 35.2 Å². The molecule has 1 N–H and O–H groups in total. The number of rotatable bonds is 5. The Balaban J connectivity index is 1.34. The van der Waals surface area contributed by atoms with Gasteiger partial charge in [-0.25, -0.2) is 0 Å². The third-order valence-electron chi connectivity index (χ3n) is 6.37. The molecule has 2 aliphatic rings. The zero-order valence-electron chi connectivity index (χ0n) is 17.4. The summed E-state index contributed by atoms with van der Waals surface area (Å²) in [5, 5.41) is 11.2. The number of ether oxygens (including phenoxy) is 2. The average Bonchev–Trinajstić information content (AvgIpc) is 2.95. The van der Waals surface area contributed by atoms with E-state index in [0.29, 0.717) is 31.7 Å². The number of hydrogen-bond acceptors (Lipinski definition) is 4. The molecule has 0 amide bonds. The zero-order valence-corrected chi connectivity index (χ0v) is 17.4. The van der Waals surface area contributed by atoms with Crippen molar-refractivity contribution in [2.75, 3.05) is 32.9 Å². The SMILES string of the molecule is Cc1cccc(OC[C@@]2(O)COCCN(C3CCC(c4ccccc4)CC3)C2)c1. The lowest BCUT2D eigenvalue weighted by Crippen LogP contribution is -2.52. The van der Waals surface area contributed by atoms with E-state index in [9.17, 15) is 5.11 Å². The molecule has 156 valence electrons. The summed E-state index contributed by atoms with van der Waals surface area (Å²) in [6.07, 6.45) is 4.78. The minimum Gasteiger partial charge on any atom is -0.490 e. The van der Waals surface area contributed by atoms with E-state index in [0.717, 1.165) is 17.9 Å². The van der Waals surface area contributed by atoms with Crippen LogP contribution >= 0.6 is 0 Å². The van der Waals surface area contributed by atoms with E-state index < -0.39 is 5.60 Å². The molecule has 29 heavy (non-hydrogen) atoms. The summed E-state index contributed by atoms with van der Waals surface area (Å²) < 4.78 is 11.7. The number of nitrogens with zero attached hydrogens (tertiary/aromatic N) is 1. The molecule has 4 nitrogen and oxygen atoms in total. The van der Waals surface area contributed by atoms with E-state index in [1.54, 1.807) is 0 Å². The molecule has 1 aliphatic heterocycles. The Labute approximate surface area is 174 Å². The summed E-state index contributed by atoms with van der Waals surface area (Å²) in [6, 6.07) is 19.4. The van der Waals surface area contributed by atoms with E-state index >= 15 is 0 Å². The van der Waals surface area contributed by atoms with Gasteiger partial charge in [-0.05, 0) is 61.8 Å². The molecule has 2 aromatic rings. The molecule has 1 saturated heterocycles. The van der Waals surface area contributed by atoms with Crippen LogP contribution in [0.1, 0.15) is 42.7 Å². The molecule has 0 bridgehead atoms. The summed E-state index contributed by atoms with van der Waals surface area (Å²) in [5.41, 5.74) is 1.65. The lowest BCUT2D eigenvalue weighted by molar-refractivity contribution is -0.0683. The molecule has 2 aromatic carbocycles. The van der Waals surface area contributed by atoms with Gasteiger partial charge in [-0.3, -0.25) is 4.90 Å². The Kier molecular flexibility index (Phi) is 6.53. The largest absolute Gasteiger partial charge is 0.490 e. The molecular formula is C25H33NO3. The van der Waals surface area contributed by atoms with Crippen LogP contribution in [0.2, 0.25) is 0 Å². The van der Waals surface area contributed by atoms with Gasteiger partial charge >= 0.3 is 0 Å². The van der Waals surface area contributed by atoms with Crippen molar-refractivity contribution in [3.8, 4) is 5.75 Å². The van der Waals surface area contributed by atoms with Crippen molar-refractivity contribution in [3.05, 3.63) is 65.7 Å². The van der Waals surface area contributed by atoms with Gasteiger partial charge < -0.3 is 14.6 Å². The Morgan fingerprint density at radius 2 is 1.86 bits per heavy atom. The van der Waals surface area contributed by atoms with Crippen LogP contribution in [0.15, 0.2) is 54.6 Å². The highest BCUT2D eigenvalue weighted by Gasteiger charge is 2.37. The highest BCUT2D eigenvalue weighted by Crippen LogP contribution is 2.35. The van der Waals surface area contributed by atoms with Gasteiger partial charge in [0.1, 0.15) is 18.0 Å². The van der Waals surface area contributed by atoms with Crippen molar-refractivity contribution in [1.29, 1.82) is 0 Å². The minimum atomic E-state index is -0.976. The predicted octanol–water partition coefficient (Wildman–Crippen LogP) is 4.16. The summed E-state index contributed by atoms with van der Waals surface area (Å²) >= 11 is 0. The van der Waals surface area contributed by atoms with Crippen LogP contribution in [0.4, 0.5) is 0 Å². The molecule has 1 heterocycles. The first-order valence-corrected chi connectivity index (χ1v) is 10.9. The highest BCUT2D eigenvalue weighted by molar-refractivity contribution is 5.27. The molecule has 0 aromatic heterocycles. The van der Waals surface area contributed by atoms with E-state index in [-0.39, 0.29) is 6.61 Å². The quantitative estimate of drug-likeness (QED) is 0.825. The van der Waals surface area contributed by atoms with Crippen molar-refractivity contribution in [2.45, 2.75) is 50.2 Å². The molecular weight excluding hydrogens is 362 g/mol. The first-order valence-electron chi connectivity index (χ1n) is 10.9. The Morgan fingerprint density at radius 3 is 2.62 bits per heavy atom. The molecule has 1 atom stereocenters. The fraction of sp³-hybridized carbons (Fsp3) is 0.520. The maximum Gasteiger partial charge on any atom is 0.134 e. The summed E-state index contributed by atoms with van der Waals surface area (Å²) in [7, 11) is 0. The second-order valence-corrected chi connectivity index (χ2v) is 8.77. The molecule has 1 saturated carbocycles. The van der Waals surface area contributed by atoms with Crippen LogP contribution in [0.3, 0.4) is 0 Å². The summed E-state index contributed by atoms with van der Waals surface area (Å²) in [4.78, 5) is 2.44. The van der Waals surface area contributed by atoms with Crippen molar-refractivity contribution in [2.24, 2.45) is 0 Å². The Morgan fingerprint density at radius 1 is 1.07 bits per heavy atom. The fourth-order valence-electron chi connectivity index (χ4n) is 4.77. The number of hydrogen-bond donors (Lipinski definition) is 1. The van der Waals surface area contributed by atoms with Gasteiger partial charge in [-0.1, -0.05) is 42.5 Å². The van der Waals surface area contributed by atoms with Crippen molar-refractivity contribution < 1.29 is 14.6 Å². The van der Waals surface area contributed by atoms with Gasteiger partial charge in [-0.2, -0.15) is 0 Å². The van der Waals surface area contributed by atoms with Gasteiger partial charge in [0.2, 0.25) is 0 Å². The zero-order chi connectivity index (χ0) is 20.1. The van der Waals surface area contributed by atoms with Crippen LogP contribution in [-0.4, -0.2) is 54.6 Å². The first kappa shape index (κ1) is 20.4. The lowest BCUT2D eigenvalue weighted by Gasteiger charge is -2.39. The molecule has 1 aliphatic carbocycles. The van der Waals surface area contributed by atoms with Gasteiger partial charge in [-0.15, -0.1) is 0 Å².